The largest absolute Gasteiger partial charge is 0.490 e. The molecule has 0 amide bonds. The third-order valence-electron chi connectivity index (χ3n) is 4.28. The molecular formula is C22H18FN3O2S. The van der Waals surface area contributed by atoms with Crippen molar-refractivity contribution in [2.75, 3.05) is 12.4 Å². The number of ether oxygens (including phenoxy) is 1. The summed E-state index contributed by atoms with van der Waals surface area (Å²) >= 11 is 1.36. The minimum absolute atomic E-state index is 0.176. The Hall–Kier alpha value is -3.19. The van der Waals surface area contributed by atoms with Gasteiger partial charge in [0.1, 0.15) is 5.82 Å². The van der Waals surface area contributed by atoms with Crippen LogP contribution < -0.4 is 10.3 Å². The first-order chi connectivity index (χ1) is 14.1. The van der Waals surface area contributed by atoms with Crippen molar-refractivity contribution in [2.24, 2.45) is 0 Å². The molecule has 2 aromatic heterocycles. The smallest absolute Gasteiger partial charge is 0.267 e. The molecule has 0 saturated carbocycles. The van der Waals surface area contributed by atoms with Crippen molar-refractivity contribution in [2.45, 2.75) is 12.1 Å². The van der Waals surface area contributed by atoms with Crippen LogP contribution in [0, 0.1) is 12.7 Å². The molecule has 7 heteroatoms. The second kappa shape index (κ2) is 8.45. The maximum atomic E-state index is 13.7. The van der Waals surface area contributed by atoms with Crippen LogP contribution in [0.4, 0.5) is 4.39 Å². The van der Waals surface area contributed by atoms with E-state index in [4.69, 9.17) is 4.74 Å². The van der Waals surface area contributed by atoms with Gasteiger partial charge >= 0.3 is 0 Å². The van der Waals surface area contributed by atoms with E-state index in [9.17, 15) is 9.18 Å². The first-order valence-electron chi connectivity index (χ1n) is 9.08. The number of hydrogen-bond acceptors (Lipinski definition) is 5. The van der Waals surface area contributed by atoms with Gasteiger partial charge in [0.25, 0.3) is 5.56 Å². The van der Waals surface area contributed by atoms with Gasteiger partial charge in [-0.15, -0.1) is 0 Å². The molecule has 2 heterocycles. The summed E-state index contributed by atoms with van der Waals surface area (Å²) in [5.74, 6) is 0.806. The van der Waals surface area contributed by atoms with Crippen molar-refractivity contribution in [3.8, 4) is 11.6 Å². The Morgan fingerprint density at radius 3 is 2.66 bits per heavy atom. The summed E-state index contributed by atoms with van der Waals surface area (Å²) in [4.78, 5) is 22.2. The summed E-state index contributed by atoms with van der Waals surface area (Å²) < 4.78 is 20.7. The van der Waals surface area contributed by atoms with E-state index in [0.29, 0.717) is 27.6 Å². The summed E-state index contributed by atoms with van der Waals surface area (Å²) in [6, 6.07) is 17.2. The van der Waals surface area contributed by atoms with E-state index in [2.05, 4.69) is 9.97 Å². The van der Waals surface area contributed by atoms with Crippen molar-refractivity contribution in [3.05, 3.63) is 88.6 Å². The monoisotopic (exact) mass is 407 g/mol. The Labute approximate surface area is 171 Å². The van der Waals surface area contributed by atoms with Gasteiger partial charge in [-0.25, -0.2) is 18.9 Å². The summed E-state index contributed by atoms with van der Waals surface area (Å²) in [7, 11) is 0. The predicted octanol–water partition coefficient (Wildman–Crippen LogP) is 4.40. The zero-order valence-corrected chi connectivity index (χ0v) is 16.5. The number of halogens is 1. The van der Waals surface area contributed by atoms with Crippen molar-refractivity contribution in [3.63, 3.8) is 0 Å². The maximum absolute atomic E-state index is 13.7. The van der Waals surface area contributed by atoms with Crippen LogP contribution in [0.15, 0.2) is 76.8 Å². The number of aromatic nitrogens is 3. The van der Waals surface area contributed by atoms with Crippen LogP contribution in [-0.4, -0.2) is 26.9 Å². The molecule has 0 saturated heterocycles. The number of nitrogens with zero attached hydrogens (tertiary/aromatic N) is 3. The summed E-state index contributed by atoms with van der Waals surface area (Å²) in [5.41, 5.74) is 1.45. The van der Waals surface area contributed by atoms with Crippen LogP contribution >= 0.6 is 11.8 Å². The molecule has 2 aromatic carbocycles. The minimum Gasteiger partial charge on any atom is -0.490 e. The van der Waals surface area contributed by atoms with E-state index in [1.54, 1.807) is 36.5 Å². The number of hydrogen-bond donors (Lipinski definition) is 0. The summed E-state index contributed by atoms with van der Waals surface area (Å²) in [6.07, 6.45) is 1.71. The van der Waals surface area contributed by atoms with E-state index >= 15 is 0 Å². The van der Waals surface area contributed by atoms with Gasteiger partial charge in [0.15, 0.2) is 16.7 Å². The lowest BCUT2D eigenvalue weighted by Crippen LogP contribution is -2.23. The highest BCUT2D eigenvalue weighted by Gasteiger charge is 2.14. The van der Waals surface area contributed by atoms with Gasteiger partial charge in [0.05, 0.1) is 17.5 Å². The SMILES string of the molecule is Cc1ccc(-n2c(SCCOc3ccccc3F)nc3ccccc3c2=O)nc1. The lowest BCUT2D eigenvalue weighted by atomic mass is 10.2. The third-order valence-corrected chi connectivity index (χ3v) is 5.18. The Bertz CT molecular complexity index is 1210. The Morgan fingerprint density at radius 1 is 1.07 bits per heavy atom. The molecule has 0 aliphatic heterocycles. The Kier molecular flexibility index (Phi) is 5.57. The Balaban J connectivity index is 1.63. The number of rotatable bonds is 6. The predicted molar refractivity (Wildman–Crippen MR) is 112 cm³/mol. The van der Waals surface area contributed by atoms with Gasteiger partial charge < -0.3 is 4.74 Å². The fourth-order valence-electron chi connectivity index (χ4n) is 2.85. The van der Waals surface area contributed by atoms with E-state index in [-0.39, 0.29) is 17.9 Å². The van der Waals surface area contributed by atoms with Gasteiger partial charge in [0.2, 0.25) is 0 Å². The van der Waals surface area contributed by atoms with Gasteiger partial charge in [-0.3, -0.25) is 4.79 Å². The molecule has 5 nitrogen and oxygen atoms in total. The lowest BCUT2D eigenvalue weighted by Gasteiger charge is -2.13. The number of benzene rings is 2. The summed E-state index contributed by atoms with van der Waals surface area (Å²) in [6.45, 7) is 2.21. The van der Waals surface area contributed by atoms with Crippen molar-refractivity contribution < 1.29 is 9.13 Å². The van der Waals surface area contributed by atoms with Gasteiger partial charge in [-0.2, -0.15) is 0 Å². The average Bonchev–Trinajstić information content (AvgIpc) is 2.73. The molecule has 0 aliphatic carbocycles. The highest BCUT2D eigenvalue weighted by atomic mass is 32.2. The van der Waals surface area contributed by atoms with Crippen LogP contribution in [0.1, 0.15) is 5.56 Å². The average molecular weight is 407 g/mol. The topological polar surface area (TPSA) is 57.0 Å². The number of aryl methyl sites for hydroxylation is 1. The second-order valence-electron chi connectivity index (χ2n) is 6.37. The van der Waals surface area contributed by atoms with E-state index in [1.165, 1.54) is 22.4 Å². The number of thioether (sulfide) groups is 1. The summed E-state index contributed by atoms with van der Waals surface area (Å²) in [5, 5.41) is 1.05. The standard InChI is InChI=1S/C22H18FN3O2S/c1-15-10-11-20(24-14-15)26-21(27)16-6-2-4-8-18(16)25-22(26)29-13-12-28-19-9-5-3-7-17(19)23/h2-11,14H,12-13H2,1H3. The minimum atomic E-state index is -0.401. The molecule has 0 radical (unpaired) electrons. The van der Waals surface area contributed by atoms with E-state index in [1.807, 2.05) is 31.2 Å². The van der Waals surface area contributed by atoms with Crippen molar-refractivity contribution >= 4 is 22.7 Å². The van der Waals surface area contributed by atoms with Crippen molar-refractivity contribution in [1.29, 1.82) is 0 Å². The molecule has 0 bridgehead atoms. The van der Waals surface area contributed by atoms with Gasteiger partial charge in [-0.1, -0.05) is 42.1 Å². The molecule has 0 N–H and O–H groups in total. The molecule has 0 unspecified atom stereocenters. The molecule has 146 valence electrons. The molecule has 4 aromatic rings. The number of pyridine rings is 1. The van der Waals surface area contributed by atoms with Crippen LogP contribution in [0.2, 0.25) is 0 Å². The van der Waals surface area contributed by atoms with Gasteiger partial charge in [0, 0.05) is 11.9 Å². The molecule has 0 atom stereocenters. The van der Waals surface area contributed by atoms with Crippen molar-refractivity contribution in [1.82, 2.24) is 14.5 Å². The normalized spacial score (nSPS) is 11.0. The lowest BCUT2D eigenvalue weighted by molar-refractivity contribution is 0.325. The molecule has 0 fully saturated rings. The fraction of sp³-hybridized carbons (Fsp3) is 0.136. The molecule has 0 spiro atoms. The van der Waals surface area contributed by atoms with E-state index in [0.717, 1.165) is 5.56 Å². The van der Waals surface area contributed by atoms with Crippen LogP contribution in [-0.2, 0) is 0 Å². The third kappa shape index (κ3) is 4.14. The second-order valence-corrected chi connectivity index (χ2v) is 7.44. The first kappa shape index (κ1) is 19.1. The zero-order chi connectivity index (χ0) is 20.2. The van der Waals surface area contributed by atoms with Crippen LogP contribution in [0.5, 0.6) is 5.75 Å². The molecule has 4 rings (SSSR count). The highest BCUT2D eigenvalue weighted by Crippen LogP contribution is 2.21. The fourth-order valence-corrected chi connectivity index (χ4v) is 3.67. The maximum Gasteiger partial charge on any atom is 0.267 e. The van der Waals surface area contributed by atoms with Crippen LogP contribution in [0.3, 0.4) is 0 Å². The van der Waals surface area contributed by atoms with Crippen LogP contribution in [0.25, 0.3) is 16.7 Å². The number of fused-ring (bicyclic) bond motifs is 1. The van der Waals surface area contributed by atoms with Gasteiger partial charge in [-0.05, 0) is 42.8 Å². The first-order valence-corrected chi connectivity index (χ1v) is 10.1. The quantitative estimate of drug-likeness (QED) is 0.269. The molecular weight excluding hydrogens is 389 g/mol. The highest BCUT2D eigenvalue weighted by molar-refractivity contribution is 7.99. The zero-order valence-electron chi connectivity index (χ0n) is 15.7. The van der Waals surface area contributed by atoms with E-state index < -0.39 is 5.82 Å². The Morgan fingerprint density at radius 2 is 1.86 bits per heavy atom. The number of para-hydroxylation sites is 2. The molecule has 29 heavy (non-hydrogen) atoms. The molecule has 0 aliphatic rings.